The first kappa shape index (κ1) is 22.9. The van der Waals surface area contributed by atoms with E-state index >= 15 is 0 Å². The third-order valence-electron chi connectivity index (χ3n) is 8.24. The number of aromatic nitrogens is 2. The zero-order chi connectivity index (χ0) is 23.7. The Labute approximate surface area is 203 Å². The van der Waals surface area contributed by atoms with Crippen LogP contribution < -0.4 is 10.2 Å². The summed E-state index contributed by atoms with van der Waals surface area (Å²) < 4.78 is 2.34. The van der Waals surface area contributed by atoms with Crippen LogP contribution >= 0.6 is 0 Å². The van der Waals surface area contributed by atoms with Crippen LogP contribution in [0.1, 0.15) is 57.1 Å². The van der Waals surface area contributed by atoms with E-state index in [0.29, 0.717) is 17.9 Å². The van der Waals surface area contributed by atoms with Gasteiger partial charge in [0.05, 0.1) is 17.6 Å². The van der Waals surface area contributed by atoms with Crippen molar-refractivity contribution in [2.24, 2.45) is 17.8 Å². The number of hydrogen-bond donors (Lipinski definition) is 1. The fraction of sp³-hybridized carbons (Fsp3) is 0.517. The van der Waals surface area contributed by atoms with Crippen molar-refractivity contribution in [1.29, 1.82) is 0 Å². The zero-order valence-electron chi connectivity index (χ0n) is 20.8. The van der Waals surface area contributed by atoms with E-state index in [-0.39, 0.29) is 11.8 Å². The highest BCUT2D eigenvalue weighted by atomic mass is 16.2. The number of fused-ring (bicyclic) bond motifs is 1. The lowest BCUT2D eigenvalue weighted by Gasteiger charge is -2.37. The minimum absolute atomic E-state index is 0.107. The average Bonchev–Trinajstić information content (AvgIpc) is 3.20. The van der Waals surface area contributed by atoms with Gasteiger partial charge in [-0.15, -0.1) is 0 Å². The van der Waals surface area contributed by atoms with Crippen LogP contribution in [0.2, 0.25) is 0 Å². The Morgan fingerprint density at radius 3 is 2.62 bits per heavy atom. The number of para-hydroxylation sites is 2. The quantitative estimate of drug-likeness (QED) is 0.545. The van der Waals surface area contributed by atoms with Crippen molar-refractivity contribution in [2.45, 2.75) is 65.5 Å². The van der Waals surface area contributed by atoms with E-state index in [2.05, 4.69) is 84.1 Å². The number of rotatable bonds is 5. The standard InChI is InChI=1S/C29H38N4O/c1-20-8-6-10-23(18-20)19-33-27-13-5-4-11-26(27)31-29(33)32-16-14-24(15-17-32)28(34)30-25-12-7-9-21(2)22(25)3/h4-6,8,10-11,13,18,21-22,24-25H,7,9,12,14-17,19H2,1-3H3,(H,30,34)/t21-,22-,25+/m0/s1. The average molecular weight is 459 g/mol. The van der Waals surface area contributed by atoms with Crippen molar-refractivity contribution in [3.63, 3.8) is 0 Å². The van der Waals surface area contributed by atoms with Crippen molar-refractivity contribution in [1.82, 2.24) is 14.9 Å². The van der Waals surface area contributed by atoms with Crippen LogP contribution in [0.5, 0.6) is 0 Å². The number of nitrogens with zero attached hydrogens (tertiary/aromatic N) is 3. The molecule has 1 saturated carbocycles. The molecule has 5 heteroatoms. The molecule has 1 aliphatic heterocycles. The Morgan fingerprint density at radius 1 is 1.03 bits per heavy atom. The molecule has 5 nitrogen and oxygen atoms in total. The fourth-order valence-corrected chi connectivity index (χ4v) is 5.88. The van der Waals surface area contributed by atoms with Crippen LogP contribution in [-0.2, 0) is 11.3 Å². The van der Waals surface area contributed by atoms with Gasteiger partial charge in [0, 0.05) is 25.0 Å². The molecule has 1 saturated heterocycles. The van der Waals surface area contributed by atoms with Crippen molar-refractivity contribution in [3.05, 3.63) is 59.7 Å². The first-order valence-electron chi connectivity index (χ1n) is 13.1. The molecular formula is C29H38N4O. The van der Waals surface area contributed by atoms with Crippen LogP contribution in [-0.4, -0.2) is 34.6 Å². The topological polar surface area (TPSA) is 50.2 Å². The van der Waals surface area contributed by atoms with E-state index in [0.717, 1.165) is 50.4 Å². The smallest absolute Gasteiger partial charge is 0.223 e. The number of aryl methyl sites for hydroxylation is 1. The number of imidazole rings is 1. The van der Waals surface area contributed by atoms with Crippen LogP contribution in [0.15, 0.2) is 48.5 Å². The van der Waals surface area contributed by atoms with E-state index in [9.17, 15) is 4.79 Å². The predicted octanol–water partition coefficient (Wildman–Crippen LogP) is 5.55. The maximum Gasteiger partial charge on any atom is 0.223 e. The van der Waals surface area contributed by atoms with Gasteiger partial charge in [-0.05, 0) is 55.7 Å². The lowest BCUT2D eigenvalue weighted by Crippen LogP contribution is -2.48. The molecule has 0 spiro atoms. The first-order valence-corrected chi connectivity index (χ1v) is 13.1. The number of nitrogens with one attached hydrogen (secondary N) is 1. The Kier molecular flexibility index (Phi) is 6.62. The molecule has 2 fully saturated rings. The molecule has 5 rings (SSSR count). The van der Waals surface area contributed by atoms with E-state index in [4.69, 9.17) is 4.98 Å². The van der Waals surface area contributed by atoms with Crippen molar-refractivity contribution >= 4 is 22.9 Å². The largest absolute Gasteiger partial charge is 0.353 e. The molecule has 1 amide bonds. The summed E-state index contributed by atoms with van der Waals surface area (Å²) in [6.07, 6.45) is 5.41. The SMILES string of the molecule is Cc1cccc(Cn2c(N3CCC(C(=O)N[C@@H]4CCC[C@H](C)[C@@H]4C)CC3)nc3ccccc32)c1. The molecule has 0 radical (unpaired) electrons. The molecule has 0 bridgehead atoms. The lowest BCUT2D eigenvalue weighted by molar-refractivity contribution is -0.127. The summed E-state index contributed by atoms with van der Waals surface area (Å²) in [5.41, 5.74) is 4.76. The van der Waals surface area contributed by atoms with Gasteiger partial charge in [-0.2, -0.15) is 0 Å². The highest BCUT2D eigenvalue weighted by molar-refractivity contribution is 5.80. The van der Waals surface area contributed by atoms with Gasteiger partial charge >= 0.3 is 0 Å². The molecule has 1 N–H and O–H groups in total. The van der Waals surface area contributed by atoms with Gasteiger partial charge in [0.1, 0.15) is 0 Å². The molecule has 2 heterocycles. The van der Waals surface area contributed by atoms with Crippen molar-refractivity contribution in [3.8, 4) is 0 Å². The third kappa shape index (κ3) is 4.70. The monoisotopic (exact) mass is 458 g/mol. The van der Waals surface area contributed by atoms with Crippen LogP contribution in [0.3, 0.4) is 0 Å². The number of benzene rings is 2. The molecule has 3 aromatic rings. The fourth-order valence-electron chi connectivity index (χ4n) is 5.88. The molecule has 2 aromatic carbocycles. The Hall–Kier alpha value is -2.82. The van der Waals surface area contributed by atoms with E-state index < -0.39 is 0 Å². The maximum absolute atomic E-state index is 13.1. The molecule has 1 aliphatic carbocycles. The minimum Gasteiger partial charge on any atom is -0.353 e. The summed E-state index contributed by atoms with van der Waals surface area (Å²) >= 11 is 0. The summed E-state index contributed by atoms with van der Waals surface area (Å²) in [6.45, 7) is 9.30. The summed E-state index contributed by atoms with van der Waals surface area (Å²) in [5, 5.41) is 3.42. The highest BCUT2D eigenvalue weighted by Gasteiger charge is 2.32. The number of carbonyl (C=O) groups is 1. The molecular weight excluding hydrogens is 420 g/mol. The normalized spacial score (nSPS) is 23.9. The molecule has 34 heavy (non-hydrogen) atoms. The second-order valence-electron chi connectivity index (χ2n) is 10.6. The number of piperidine rings is 1. The van der Waals surface area contributed by atoms with E-state index in [1.54, 1.807) is 0 Å². The minimum atomic E-state index is 0.107. The molecule has 2 aliphatic rings. The number of hydrogen-bond acceptors (Lipinski definition) is 3. The predicted molar refractivity (Wildman–Crippen MR) is 139 cm³/mol. The van der Waals surface area contributed by atoms with Crippen molar-refractivity contribution in [2.75, 3.05) is 18.0 Å². The summed E-state index contributed by atoms with van der Waals surface area (Å²) in [4.78, 5) is 20.5. The van der Waals surface area contributed by atoms with Crippen molar-refractivity contribution < 1.29 is 4.79 Å². The van der Waals surface area contributed by atoms with E-state index in [1.807, 2.05) is 0 Å². The van der Waals surface area contributed by atoms with Gasteiger partial charge in [0.15, 0.2) is 0 Å². The summed E-state index contributed by atoms with van der Waals surface area (Å²) in [6, 6.07) is 17.4. The number of carbonyl (C=O) groups excluding carboxylic acids is 1. The van der Waals surface area contributed by atoms with Crippen LogP contribution in [0.25, 0.3) is 11.0 Å². The van der Waals surface area contributed by atoms with Crippen LogP contribution in [0, 0.1) is 24.7 Å². The van der Waals surface area contributed by atoms with Gasteiger partial charge < -0.3 is 14.8 Å². The van der Waals surface area contributed by atoms with Crippen LogP contribution in [0.4, 0.5) is 5.95 Å². The molecule has 3 atom stereocenters. The zero-order valence-corrected chi connectivity index (χ0v) is 20.8. The Bertz CT molecular complexity index is 1140. The Morgan fingerprint density at radius 2 is 1.82 bits per heavy atom. The lowest BCUT2D eigenvalue weighted by atomic mass is 9.78. The van der Waals surface area contributed by atoms with Gasteiger partial charge in [0.25, 0.3) is 0 Å². The first-order chi connectivity index (χ1) is 16.5. The van der Waals surface area contributed by atoms with Gasteiger partial charge in [-0.3, -0.25) is 4.79 Å². The highest BCUT2D eigenvalue weighted by Crippen LogP contribution is 2.31. The second-order valence-corrected chi connectivity index (χ2v) is 10.6. The van der Waals surface area contributed by atoms with Gasteiger partial charge in [0.2, 0.25) is 11.9 Å². The third-order valence-corrected chi connectivity index (χ3v) is 8.24. The summed E-state index contributed by atoms with van der Waals surface area (Å²) in [7, 11) is 0. The number of anilines is 1. The maximum atomic E-state index is 13.1. The molecule has 0 unspecified atom stereocenters. The number of amides is 1. The van der Waals surface area contributed by atoms with E-state index in [1.165, 1.54) is 29.5 Å². The van der Waals surface area contributed by atoms with Gasteiger partial charge in [-0.25, -0.2) is 4.98 Å². The Balaban J connectivity index is 1.29. The van der Waals surface area contributed by atoms with Gasteiger partial charge in [-0.1, -0.05) is 68.7 Å². The summed E-state index contributed by atoms with van der Waals surface area (Å²) in [5.74, 6) is 2.66. The second kappa shape index (κ2) is 9.81. The molecule has 1 aromatic heterocycles. The molecule has 180 valence electrons.